The molecular formula is C8H8ClNO2. The number of alkyl halides is 1. The zero-order valence-electron chi connectivity index (χ0n) is 6.54. The van der Waals surface area contributed by atoms with Crippen LogP contribution in [0.2, 0.25) is 0 Å². The summed E-state index contributed by atoms with van der Waals surface area (Å²) in [4.78, 5) is 14.5. The van der Waals surface area contributed by atoms with Crippen molar-refractivity contribution in [3.63, 3.8) is 0 Å². The molecule has 0 bridgehead atoms. The third kappa shape index (κ3) is 1.74. The molecule has 0 aliphatic rings. The molecule has 0 atom stereocenters. The Morgan fingerprint density at radius 2 is 2.33 bits per heavy atom. The molecule has 0 radical (unpaired) electrons. The third-order valence-electron chi connectivity index (χ3n) is 1.51. The molecule has 0 aliphatic carbocycles. The highest BCUT2D eigenvalue weighted by atomic mass is 35.5. The van der Waals surface area contributed by atoms with Crippen molar-refractivity contribution >= 4 is 17.6 Å². The summed E-state index contributed by atoms with van der Waals surface area (Å²) in [5.74, 6) is -0.651. The van der Waals surface area contributed by atoms with Gasteiger partial charge in [0, 0.05) is 0 Å². The summed E-state index contributed by atoms with van der Waals surface area (Å²) >= 11 is 5.52. The van der Waals surface area contributed by atoms with Crippen LogP contribution in [0.5, 0.6) is 0 Å². The Hall–Kier alpha value is -1.09. The van der Waals surface area contributed by atoms with Crippen molar-refractivity contribution in [3.05, 3.63) is 29.1 Å². The van der Waals surface area contributed by atoms with E-state index in [1.54, 1.807) is 13.0 Å². The number of hydrogen-bond acceptors (Lipinski definition) is 2. The molecule has 0 saturated carbocycles. The fourth-order valence-corrected chi connectivity index (χ4v) is 1.06. The van der Waals surface area contributed by atoms with E-state index in [-0.39, 0.29) is 5.56 Å². The van der Waals surface area contributed by atoms with Crippen LogP contribution in [0.4, 0.5) is 0 Å². The predicted molar refractivity (Wildman–Crippen MR) is 45.5 cm³/mol. The second-order valence-electron chi connectivity index (χ2n) is 2.37. The van der Waals surface area contributed by atoms with Crippen molar-refractivity contribution in [1.29, 1.82) is 0 Å². The lowest BCUT2D eigenvalue weighted by molar-refractivity contribution is 0.0695. The lowest BCUT2D eigenvalue weighted by Crippen LogP contribution is -2.02. The van der Waals surface area contributed by atoms with Gasteiger partial charge in [-0.3, -0.25) is 4.98 Å². The van der Waals surface area contributed by atoms with Crippen LogP contribution in [0.3, 0.4) is 0 Å². The smallest absolute Gasteiger partial charge is 0.337 e. The van der Waals surface area contributed by atoms with Crippen LogP contribution in [0.1, 0.15) is 21.7 Å². The summed E-state index contributed by atoms with van der Waals surface area (Å²) < 4.78 is 0. The minimum atomic E-state index is -0.957. The molecule has 0 unspecified atom stereocenters. The van der Waals surface area contributed by atoms with Crippen molar-refractivity contribution in [2.24, 2.45) is 0 Å². The third-order valence-corrected chi connectivity index (χ3v) is 1.78. The molecule has 4 heteroatoms. The molecule has 64 valence electrons. The SMILES string of the molecule is Cc1nc(CCl)ccc1C(=O)O. The maximum absolute atomic E-state index is 10.5. The highest BCUT2D eigenvalue weighted by molar-refractivity contribution is 6.16. The number of hydrogen-bond donors (Lipinski definition) is 1. The fraction of sp³-hybridized carbons (Fsp3) is 0.250. The van der Waals surface area contributed by atoms with Gasteiger partial charge in [0.1, 0.15) is 0 Å². The van der Waals surface area contributed by atoms with E-state index in [0.29, 0.717) is 17.3 Å². The molecule has 1 heterocycles. The average Bonchev–Trinajstić information content (AvgIpc) is 2.03. The molecule has 1 N–H and O–H groups in total. The topological polar surface area (TPSA) is 50.2 Å². The number of carbonyl (C=O) groups is 1. The number of aryl methyl sites for hydroxylation is 1. The zero-order chi connectivity index (χ0) is 9.14. The molecule has 0 aromatic carbocycles. The maximum Gasteiger partial charge on any atom is 0.337 e. The van der Waals surface area contributed by atoms with Crippen LogP contribution in [0, 0.1) is 6.92 Å². The van der Waals surface area contributed by atoms with Gasteiger partial charge >= 0.3 is 5.97 Å². The number of aromatic nitrogens is 1. The molecule has 1 rings (SSSR count). The van der Waals surface area contributed by atoms with E-state index in [4.69, 9.17) is 16.7 Å². The summed E-state index contributed by atoms with van der Waals surface area (Å²) in [5, 5.41) is 8.66. The van der Waals surface area contributed by atoms with Gasteiger partial charge in [0.05, 0.1) is 22.8 Å². The summed E-state index contributed by atoms with van der Waals surface area (Å²) in [7, 11) is 0. The largest absolute Gasteiger partial charge is 0.478 e. The number of rotatable bonds is 2. The minimum Gasteiger partial charge on any atom is -0.478 e. The van der Waals surface area contributed by atoms with Gasteiger partial charge < -0.3 is 5.11 Å². The van der Waals surface area contributed by atoms with Crippen molar-refractivity contribution in [1.82, 2.24) is 4.98 Å². The first-order valence-electron chi connectivity index (χ1n) is 3.41. The number of carboxylic acids is 1. The number of nitrogens with zero attached hydrogens (tertiary/aromatic N) is 1. The molecular weight excluding hydrogens is 178 g/mol. The Kier molecular flexibility index (Phi) is 2.65. The molecule has 0 fully saturated rings. The standard InChI is InChI=1S/C8H8ClNO2/c1-5-7(8(11)12)3-2-6(4-9)10-5/h2-3H,4H2,1H3,(H,11,12). The predicted octanol–water partition coefficient (Wildman–Crippen LogP) is 1.83. The monoisotopic (exact) mass is 185 g/mol. The molecule has 0 aliphatic heterocycles. The summed E-state index contributed by atoms with van der Waals surface area (Å²) in [5.41, 5.74) is 1.42. The van der Waals surface area contributed by atoms with Crippen LogP contribution in [0.25, 0.3) is 0 Å². The highest BCUT2D eigenvalue weighted by Crippen LogP contribution is 2.08. The number of halogens is 1. The van der Waals surface area contributed by atoms with Crippen molar-refractivity contribution in [3.8, 4) is 0 Å². The van der Waals surface area contributed by atoms with Crippen LogP contribution < -0.4 is 0 Å². The quantitative estimate of drug-likeness (QED) is 0.716. The van der Waals surface area contributed by atoms with Crippen LogP contribution in [-0.2, 0) is 5.88 Å². The minimum absolute atomic E-state index is 0.226. The molecule has 0 spiro atoms. The van der Waals surface area contributed by atoms with E-state index < -0.39 is 5.97 Å². The van der Waals surface area contributed by atoms with Gasteiger partial charge in [-0.25, -0.2) is 4.79 Å². The van der Waals surface area contributed by atoms with E-state index >= 15 is 0 Å². The average molecular weight is 186 g/mol. The van der Waals surface area contributed by atoms with Gasteiger partial charge in [-0.2, -0.15) is 0 Å². The lowest BCUT2D eigenvalue weighted by atomic mass is 10.2. The van der Waals surface area contributed by atoms with E-state index in [1.165, 1.54) is 6.07 Å². The summed E-state index contributed by atoms with van der Waals surface area (Å²) in [6, 6.07) is 3.13. The molecule has 0 amide bonds. The zero-order valence-corrected chi connectivity index (χ0v) is 7.30. The van der Waals surface area contributed by atoms with Crippen molar-refractivity contribution in [2.45, 2.75) is 12.8 Å². The van der Waals surface area contributed by atoms with Crippen LogP contribution in [-0.4, -0.2) is 16.1 Å². The fourth-order valence-electron chi connectivity index (χ4n) is 0.913. The second kappa shape index (κ2) is 3.54. The van der Waals surface area contributed by atoms with E-state index in [2.05, 4.69) is 4.98 Å². The Morgan fingerprint density at radius 1 is 1.67 bits per heavy atom. The molecule has 1 aromatic heterocycles. The second-order valence-corrected chi connectivity index (χ2v) is 2.64. The van der Waals surface area contributed by atoms with Gasteiger partial charge in [-0.15, -0.1) is 11.6 Å². The summed E-state index contributed by atoms with van der Waals surface area (Å²) in [6.45, 7) is 1.65. The number of carboxylic acid groups (broad SMARTS) is 1. The van der Waals surface area contributed by atoms with Crippen molar-refractivity contribution in [2.75, 3.05) is 0 Å². The lowest BCUT2D eigenvalue weighted by Gasteiger charge is -2.00. The van der Waals surface area contributed by atoms with Crippen molar-refractivity contribution < 1.29 is 9.90 Å². The Morgan fingerprint density at radius 3 is 2.75 bits per heavy atom. The highest BCUT2D eigenvalue weighted by Gasteiger charge is 2.07. The van der Waals surface area contributed by atoms with E-state index in [1.807, 2.05) is 0 Å². The molecule has 1 aromatic rings. The summed E-state index contributed by atoms with van der Waals surface area (Å²) in [6.07, 6.45) is 0. The Balaban J connectivity index is 3.12. The Labute approximate surface area is 75.0 Å². The van der Waals surface area contributed by atoms with E-state index in [9.17, 15) is 4.79 Å². The normalized spacial score (nSPS) is 9.83. The van der Waals surface area contributed by atoms with Gasteiger partial charge in [-0.1, -0.05) is 0 Å². The number of pyridine rings is 1. The van der Waals surface area contributed by atoms with Crippen LogP contribution >= 0.6 is 11.6 Å². The number of aromatic carboxylic acids is 1. The first kappa shape index (κ1) is 9.00. The first-order chi connectivity index (χ1) is 5.65. The van der Waals surface area contributed by atoms with E-state index in [0.717, 1.165) is 0 Å². The van der Waals surface area contributed by atoms with Gasteiger partial charge in [0.2, 0.25) is 0 Å². The first-order valence-corrected chi connectivity index (χ1v) is 3.94. The molecule has 3 nitrogen and oxygen atoms in total. The van der Waals surface area contributed by atoms with Gasteiger partial charge in [0.25, 0.3) is 0 Å². The van der Waals surface area contributed by atoms with Gasteiger partial charge in [0.15, 0.2) is 0 Å². The van der Waals surface area contributed by atoms with Gasteiger partial charge in [-0.05, 0) is 19.1 Å². The molecule has 12 heavy (non-hydrogen) atoms. The molecule has 0 saturated heterocycles. The Bertz CT molecular complexity index is 312. The van der Waals surface area contributed by atoms with Crippen LogP contribution in [0.15, 0.2) is 12.1 Å². The maximum atomic E-state index is 10.5.